The van der Waals surface area contributed by atoms with Crippen LogP contribution in [0.2, 0.25) is 0 Å². The van der Waals surface area contributed by atoms with Crippen LogP contribution in [0.1, 0.15) is 43.1 Å². The lowest BCUT2D eigenvalue weighted by Gasteiger charge is -2.27. The Bertz CT molecular complexity index is 397. The largest absolute Gasteiger partial charge is 0.476 e. The molecule has 0 aromatic carbocycles. The summed E-state index contributed by atoms with van der Waals surface area (Å²) in [4.78, 5) is 13.2. The summed E-state index contributed by atoms with van der Waals surface area (Å²) in [6, 6.07) is 0.367. The third-order valence-electron chi connectivity index (χ3n) is 3.47. The van der Waals surface area contributed by atoms with Gasteiger partial charge in [0.1, 0.15) is 0 Å². The van der Waals surface area contributed by atoms with Crippen molar-refractivity contribution in [3.8, 4) is 0 Å². The fourth-order valence-electron chi connectivity index (χ4n) is 2.41. The van der Waals surface area contributed by atoms with E-state index in [2.05, 4.69) is 22.1 Å². The van der Waals surface area contributed by atoms with Gasteiger partial charge in [0.25, 0.3) is 0 Å². The van der Waals surface area contributed by atoms with Gasteiger partial charge in [-0.1, -0.05) is 18.1 Å². The van der Waals surface area contributed by atoms with Gasteiger partial charge in [0.05, 0.1) is 12.7 Å². The molecule has 0 amide bonds. The van der Waals surface area contributed by atoms with E-state index in [1.807, 2.05) is 0 Å². The molecule has 1 aliphatic heterocycles. The van der Waals surface area contributed by atoms with E-state index in [4.69, 9.17) is 5.11 Å². The molecule has 0 unspecified atom stereocenters. The highest BCUT2D eigenvalue weighted by molar-refractivity contribution is 5.84. The van der Waals surface area contributed by atoms with Crippen molar-refractivity contribution in [3.05, 3.63) is 11.9 Å². The minimum Gasteiger partial charge on any atom is -0.476 e. The lowest BCUT2D eigenvalue weighted by molar-refractivity contribution is 0.0690. The average molecular weight is 252 g/mol. The number of likely N-dealkylation sites (tertiary alicyclic amines) is 1. The number of carboxylic acid groups (broad SMARTS) is 1. The molecule has 1 atom stereocenters. The summed E-state index contributed by atoms with van der Waals surface area (Å²) < 4.78 is 1.62. The van der Waals surface area contributed by atoms with Gasteiger partial charge in [-0.3, -0.25) is 9.58 Å². The van der Waals surface area contributed by atoms with Gasteiger partial charge in [-0.05, 0) is 32.9 Å². The highest BCUT2D eigenvalue weighted by atomic mass is 16.4. The van der Waals surface area contributed by atoms with Crippen LogP contribution in [0.5, 0.6) is 0 Å². The summed E-state index contributed by atoms with van der Waals surface area (Å²) in [6.07, 6.45) is 6.63. The van der Waals surface area contributed by atoms with Crippen molar-refractivity contribution < 1.29 is 9.90 Å². The van der Waals surface area contributed by atoms with E-state index in [9.17, 15) is 4.79 Å². The SMILES string of the molecule is C[C@H](Cn1cc(C(=O)O)nn1)N1CCCCCC1. The number of rotatable bonds is 4. The van der Waals surface area contributed by atoms with E-state index < -0.39 is 5.97 Å². The summed E-state index contributed by atoms with van der Waals surface area (Å²) in [5.41, 5.74) is 0.0121. The van der Waals surface area contributed by atoms with E-state index in [0.29, 0.717) is 12.6 Å². The van der Waals surface area contributed by atoms with Crippen molar-refractivity contribution in [1.29, 1.82) is 0 Å². The maximum Gasteiger partial charge on any atom is 0.358 e. The Morgan fingerprint density at radius 2 is 2.06 bits per heavy atom. The predicted molar refractivity (Wildman–Crippen MR) is 66.5 cm³/mol. The van der Waals surface area contributed by atoms with Crippen LogP contribution in [0.3, 0.4) is 0 Å². The first kappa shape index (κ1) is 13.0. The fourth-order valence-corrected chi connectivity index (χ4v) is 2.41. The summed E-state index contributed by atoms with van der Waals surface area (Å²) in [5.74, 6) is -1.02. The zero-order chi connectivity index (χ0) is 13.0. The van der Waals surface area contributed by atoms with Crippen molar-refractivity contribution in [3.63, 3.8) is 0 Å². The van der Waals surface area contributed by atoms with Crippen molar-refractivity contribution >= 4 is 5.97 Å². The smallest absolute Gasteiger partial charge is 0.358 e. The molecule has 1 aromatic heterocycles. The molecule has 2 heterocycles. The van der Waals surface area contributed by atoms with Crippen LogP contribution in [-0.4, -0.2) is 50.1 Å². The van der Waals surface area contributed by atoms with Gasteiger partial charge < -0.3 is 5.11 Å². The van der Waals surface area contributed by atoms with E-state index >= 15 is 0 Å². The first-order valence-electron chi connectivity index (χ1n) is 6.54. The maximum absolute atomic E-state index is 10.7. The van der Waals surface area contributed by atoms with E-state index in [1.165, 1.54) is 31.9 Å². The predicted octanol–water partition coefficient (Wildman–Crippen LogP) is 1.24. The zero-order valence-corrected chi connectivity index (χ0v) is 10.7. The Morgan fingerprint density at radius 3 is 2.61 bits per heavy atom. The minimum atomic E-state index is -1.02. The second kappa shape index (κ2) is 5.95. The van der Waals surface area contributed by atoms with Crippen LogP contribution < -0.4 is 0 Å². The Kier molecular flexibility index (Phi) is 4.30. The van der Waals surface area contributed by atoms with E-state index in [1.54, 1.807) is 4.68 Å². The van der Waals surface area contributed by atoms with Gasteiger partial charge in [-0.15, -0.1) is 5.10 Å². The standard InChI is InChI=1S/C12H20N4O2/c1-10(15-6-4-2-3-5-7-15)8-16-9-11(12(17)18)13-14-16/h9-10H,2-8H2,1H3,(H,17,18)/t10-/m1/s1. The minimum absolute atomic E-state index is 0.0121. The molecule has 0 radical (unpaired) electrons. The monoisotopic (exact) mass is 252 g/mol. The lowest BCUT2D eigenvalue weighted by Crippen LogP contribution is -2.37. The molecule has 100 valence electrons. The van der Waals surface area contributed by atoms with Gasteiger partial charge >= 0.3 is 5.97 Å². The maximum atomic E-state index is 10.7. The molecule has 2 rings (SSSR count). The fraction of sp³-hybridized carbons (Fsp3) is 0.750. The highest BCUT2D eigenvalue weighted by Crippen LogP contribution is 2.13. The van der Waals surface area contributed by atoms with Crippen LogP contribution in [0.4, 0.5) is 0 Å². The molecule has 0 bridgehead atoms. The zero-order valence-electron chi connectivity index (χ0n) is 10.7. The summed E-state index contributed by atoms with van der Waals surface area (Å²) in [5, 5.41) is 16.3. The Balaban J connectivity index is 1.92. The highest BCUT2D eigenvalue weighted by Gasteiger charge is 2.17. The first-order chi connectivity index (χ1) is 8.66. The molecule has 0 spiro atoms. The first-order valence-corrected chi connectivity index (χ1v) is 6.54. The van der Waals surface area contributed by atoms with Crippen molar-refractivity contribution in [2.24, 2.45) is 0 Å². The Hall–Kier alpha value is -1.43. The van der Waals surface area contributed by atoms with Gasteiger partial charge in [0, 0.05) is 6.04 Å². The molecule has 1 N–H and O–H groups in total. The second-order valence-corrected chi connectivity index (χ2v) is 4.93. The molecule has 6 heteroatoms. The van der Waals surface area contributed by atoms with Gasteiger partial charge in [0.2, 0.25) is 0 Å². The number of aromatic nitrogens is 3. The molecule has 18 heavy (non-hydrogen) atoms. The van der Waals surface area contributed by atoms with Gasteiger partial charge in [0.15, 0.2) is 5.69 Å². The Labute approximate surface area is 107 Å². The molecular weight excluding hydrogens is 232 g/mol. The van der Waals surface area contributed by atoms with Crippen molar-refractivity contribution in [2.45, 2.75) is 45.2 Å². The quantitative estimate of drug-likeness (QED) is 0.873. The lowest BCUT2D eigenvalue weighted by atomic mass is 10.2. The topological polar surface area (TPSA) is 71.2 Å². The van der Waals surface area contributed by atoms with Crippen molar-refractivity contribution in [2.75, 3.05) is 13.1 Å². The van der Waals surface area contributed by atoms with Crippen molar-refractivity contribution in [1.82, 2.24) is 19.9 Å². The number of carboxylic acids is 1. The van der Waals surface area contributed by atoms with Crippen LogP contribution in [0.15, 0.2) is 6.20 Å². The van der Waals surface area contributed by atoms with Crippen LogP contribution in [-0.2, 0) is 6.54 Å². The summed E-state index contributed by atoms with van der Waals surface area (Å²) >= 11 is 0. The molecule has 6 nitrogen and oxygen atoms in total. The third kappa shape index (κ3) is 3.29. The van der Waals surface area contributed by atoms with Crippen LogP contribution >= 0.6 is 0 Å². The summed E-state index contributed by atoms with van der Waals surface area (Å²) in [7, 11) is 0. The third-order valence-corrected chi connectivity index (χ3v) is 3.47. The Morgan fingerprint density at radius 1 is 1.39 bits per heavy atom. The number of nitrogens with zero attached hydrogens (tertiary/aromatic N) is 4. The normalized spacial score (nSPS) is 19.4. The number of aromatic carboxylic acids is 1. The molecule has 1 aromatic rings. The number of carbonyl (C=O) groups is 1. The van der Waals surface area contributed by atoms with E-state index in [0.717, 1.165) is 13.1 Å². The number of hydrogen-bond acceptors (Lipinski definition) is 4. The molecule has 1 aliphatic rings. The molecular formula is C12H20N4O2. The molecule has 0 aliphatic carbocycles. The van der Waals surface area contributed by atoms with Crippen LogP contribution in [0.25, 0.3) is 0 Å². The van der Waals surface area contributed by atoms with Gasteiger partial charge in [-0.2, -0.15) is 0 Å². The molecule has 1 saturated heterocycles. The van der Waals surface area contributed by atoms with Crippen LogP contribution in [0, 0.1) is 0 Å². The molecule has 0 saturated carbocycles. The second-order valence-electron chi connectivity index (χ2n) is 4.93. The van der Waals surface area contributed by atoms with Gasteiger partial charge in [-0.25, -0.2) is 4.79 Å². The number of hydrogen-bond donors (Lipinski definition) is 1. The average Bonchev–Trinajstić information content (AvgIpc) is 2.64. The van der Waals surface area contributed by atoms with E-state index in [-0.39, 0.29) is 5.69 Å². The summed E-state index contributed by atoms with van der Waals surface area (Å²) in [6.45, 7) is 5.11. The molecule has 1 fully saturated rings.